The van der Waals surface area contributed by atoms with Crippen molar-refractivity contribution in [1.29, 1.82) is 0 Å². The number of rotatable bonds is 4. The van der Waals surface area contributed by atoms with Crippen molar-refractivity contribution in [2.24, 2.45) is 0 Å². The molecule has 0 aliphatic rings. The summed E-state index contributed by atoms with van der Waals surface area (Å²) >= 11 is 17.5. The third-order valence-corrected chi connectivity index (χ3v) is 3.88. The highest BCUT2D eigenvalue weighted by molar-refractivity contribution is 6.48. The monoisotopic (exact) mass is 345 g/mol. The normalized spacial score (nSPS) is 10.3. The number of hydrogen-bond acceptors (Lipinski definition) is 4. The van der Waals surface area contributed by atoms with E-state index in [2.05, 4.69) is 4.98 Å². The molecule has 2 rings (SSSR count). The van der Waals surface area contributed by atoms with Gasteiger partial charge in [0.15, 0.2) is 5.69 Å². The SMILES string of the molecule is COc1ccc(COC(=O)c2ncc(Cl)c(Cl)c2Cl)cc1. The van der Waals surface area contributed by atoms with Gasteiger partial charge < -0.3 is 9.47 Å². The molecule has 0 bridgehead atoms. The molecular weight excluding hydrogens is 337 g/mol. The lowest BCUT2D eigenvalue weighted by atomic mass is 10.2. The van der Waals surface area contributed by atoms with Crippen LogP contribution in [0.2, 0.25) is 15.1 Å². The molecule has 21 heavy (non-hydrogen) atoms. The topological polar surface area (TPSA) is 48.4 Å². The molecule has 0 aliphatic heterocycles. The molecule has 0 amide bonds. The number of aromatic nitrogens is 1. The van der Waals surface area contributed by atoms with Gasteiger partial charge in [-0.1, -0.05) is 46.9 Å². The van der Waals surface area contributed by atoms with E-state index in [0.29, 0.717) is 0 Å². The number of pyridine rings is 1. The molecule has 1 aromatic heterocycles. The highest BCUT2D eigenvalue weighted by Crippen LogP contribution is 2.31. The van der Waals surface area contributed by atoms with Gasteiger partial charge in [0, 0.05) is 6.20 Å². The average Bonchev–Trinajstić information content (AvgIpc) is 2.51. The maximum Gasteiger partial charge on any atom is 0.358 e. The molecule has 4 nitrogen and oxygen atoms in total. The predicted molar refractivity (Wildman–Crippen MR) is 81.4 cm³/mol. The van der Waals surface area contributed by atoms with Gasteiger partial charge in [-0.15, -0.1) is 0 Å². The fourth-order valence-corrected chi connectivity index (χ4v) is 2.08. The van der Waals surface area contributed by atoms with E-state index in [0.717, 1.165) is 11.3 Å². The van der Waals surface area contributed by atoms with Crippen LogP contribution >= 0.6 is 34.8 Å². The van der Waals surface area contributed by atoms with Gasteiger partial charge in [-0.05, 0) is 17.7 Å². The van der Waals surface area contributed by atoms with Crippen molar-refractivity contribution in [2.45, 2.75) is 6.61 Å². The lowest BCUT2D eigenvalue weighted by Crippen LogP contribution is -2.08. The van der Waals surface area contributed by atoms with E-state index >= 15 is 0 Å². The number of methoxy groups -OCH3 is 1. The molecule has 1 heterocycles. The number of esters is 1. The minimum Gasteiger partial charge on any atom is -0.497 e. The van der Waals surface area contributed by atoms with E-state index in [1.807, 2.05) is 0 Å². The quantitative estimate of drug-likeness (QED) is 0.770. The number of benzene rings is 1. The van der Waals surface area contributed by atoms with Crippen LogP contribution in [0.15, 0.2) is 30.5 Å². The first-order valence-electron chi connectivity index (χ1n) is 5.82. The van der Waals surface area contributed by atoms with Gasteiger partial charge in [-0.2, -0.15) is 0 Å². The van der Waals surface area contributed by atoms with Crippen LogP contribution in [0.3, 0.4) is 0 Å². The van der Waals surface area contributed by atoms with Crippen molar-refractivity contribution >= 4 is 40.8 Å². The van der Waals surface area contributed by atoms with E-state index < -0.39 is 5.97 Å². The zero-order chi connectivity index (χ0) is 15.4. The Labute approximate surface area is 136 Å². The molecule has 1 aromatic carbocycles. The number of halogens is 3. The highest BCUT2D eigenvalue weighted by atomic mass is 35.5. The fraction of sp³-hybridized carbons (Fsp3) is 0.143. The summed E-state index contributed by atoms with van der Waals surface area (Å²) in [6.45, 7) is 0.0844. The fourth-order valence-electron chi connectivity index (χ4n) is 1.52. The van der Waals surface area contributed by atoms with Crippen LogP contribution in [0.5, 0.6) is 5.75 Å². The van der Waals surface area contributed by atoms with Gasteiger partial charge in [0.05, 0.1) is 22.2 Å². The number of carbonyl (C=O) groups is 1. The lowest BCUT2D eigenvalue weighted by molar-refractivity contribution is 0.0466. The molecule has 0 atom stereocenters. The van der Waals surface area contributed by atoms with Crippen LogP contribution < -0.4 is 4.74 Å². The average molecular weight is 347 g/mol. The maximum atomic E-state index is 11.9. The second-order valence-corrected chi connectivity index (χ2v) is 5.17. The highest BCUT2D eigenvalue weighted by Gasteiger charge is 2.18. The third-order valence-electron chi connectivity index (χ3n) is 2.64. The Morgan fingerprint density at radius 3 is 2.43 bits per heavy atom. The summed E-state index contributed by atoms with van der Waals surface area (Å²) in [5.74, 6) is 0.0497. The maximum absolute atomic E-state index is 11.9. The Kier molecular flexibility index (Phi) is 5.28. The van der Waals surface area contributed by atoms with Crippen LogP contribution in [0.4, 0.5) is 0 Å². The number of nitrogens with zero attached hydrogens (tertiary/aromatic N) is 1. The summed E-state index contributed by atoms with van der Waals surface area (Å²) < 4.78 is 10.2. The summed E-state index contributed by atoms with van der Waals surface area (Å²) in [7, 11) is 1.58. The van der Waals surface area contributed by atoms with Gasteiger partial charge in [0.2, 0.25) is 0 Å². The Bertz CT molecular complexity index is 659. The smallest absolute Gasteiger partial charge is 0.358 e. The zero-order valence-corrected chi connectivity index (χ0v) is 13.2. The first-order chi connectivity index (χ1) is 10.0. The van der Waals surface area contributed by atoms with Crippen molar-refractivity contribution in [3.05, 3.63) is 56.8 Å². The lowest BCUT2D eigenvalue weighted by Gasteiger charge is -2.07. The van der Waals surface area contributed by atoms with Gasteiger partial charge in [0.25, 0.3) is 0 Å². The third kappa shape index (κ3) is 3.79. The second-order valence-electron chi connectivity index (χ2n) is 4.01. The van der Waals surface area contributed by atoms with Crippen LogP contribution in [0.1, 0.15) is 16.1 Å². The van der Waals surface area contributed by atoms with Crippen molar-refractivity contribution in [1.82, 2.24) is 4.98 Å². The minimum atomic E-state index is -0.672. The summed E-state index contributed by atoms with van der Waals surface area (Å²) in [5, 5.41) is 0.224. The van der Waals surface area contributed by atoms with E-state index in [1.54, 1.807) is 31.4 Å². The van der Waals surface area contributed by atoms with Crippen LogP contribution in [0.25, 0.3) is 0 Å². The van der Waals surface area contributed by atoms with Crippen molar-refractivity contribution < 1.29 is 14.3 Å². The number of hydrogen-bond donors (Lipinski definition) is 0. The molecule has 0 spiro atoms. The molecule has 110 valence electrons. The first kappa shape index (κ1) is 15.9. The Hall–Kier alpha value is -1.49. The first-order valence-corrected chi connectivity index (χ1v) is 6.96. The Balaban J connectivity index is 2.06. The van der Waals surface area contributed by atoms with Gasteiger partial charge in [0.1, 0.15) is 12.4 Å². The van der Waals surface area contributed by atoms with E-state index in [9.17, 15) is 4.79 Å². The zero-order valence-electron chi connectivity index (χ0n) is 10.9. The molecule has 0 aliphatic carbocycles. The van der Waals surface area contributed by atoms with E-state index in [-0.39, 0.29) is 27.4 Å². The Morgan fingerprint density at radius 2 is 1.81 bits per heavy atom. The summed E-state index contributed by atoms with van der Waals surface area (Å²) in [6.07, 6.45) is 1.25. The van der Waals surface area contributed by atoms with E-state index in [4.69, 9.17) is 44.3 Å². The van der Waals surface area contributed by atoms with Crippen LogP contribution in [0, 0.1) is 0 Å². The van der Waals surface area contributed by atoms with Gasteiger partial charge >= 0.3 is 5.97 Å². The Morgan fingerprint density at radius 1 is 1.14 bits per heavy atom. The van der Waals surface area contributed by atoms with Crippen molar-refractivity contribution in [2.75, 3.05) is 7.11 Å². The van der Waals surface area contributed by atoms with Crippen LogP contribution in [-0.4, -0.2) is 18.1 Å². The number of ether oxygens (including phenoxy) is 2. The molecular formula is C14H10Cl3NO3. The summed E-state index contributed by atoms with van der Waals surface area (Å²) in [4.78, 5) is 15.8. The molecule has 0 N–H and O–H groups in total. The summed E-state index contributed by atoms with van der Waals surface area (Å²) in [5.41, 5.74) is 0.736. The summed E-state index contributed by atoms with van der Waals surface area (Å²) in [6, 6.07) is 7.12. The van der Waals surface area contributed by atoms with Crippen LogP contribution in [-0.2, 0) is 11.3 Å². The molecule has 0 radical (unpaired) electrons. The molecule has 0 unspecified atom stereocenters. The molecule has 7 heteroatoms. The number of carbonyl (C=O) groups excluding carboxylic acids is 1. The predicted octanol–water partition coefficient (Wildman–Crippen LogP) is 4.41. The van der Waals surface area contributed by atoms with Crippen molar-refractivity contribution in [3.63, 3.8) is 0 Å². The van der Waals surface area contributed by atoms with Gasteiger partial charge in [-0.25, -0.2) is 9.78 Å². The second kappa shape index (κ2) is 6.98. The van der Waals surface area contributed by atoms with Gasteiger partial charge in [-0.3, -0.25) is 0 Å². The standard InChI is InChI=1S/C14H10Cl3NO3/c1-20-9-4-2-8(3-5-9)7-21-14(19)13-12(17)11(16)10(15)6-18-13/h2-6H,7H2,1H3. The molecule has 2 aromatic rings. The molecule has 0 saturated heterocycles. The largest absolute Gasteiger partial charge is 0.497 e. The molecule has 0 fully saturated rings. The van der Waals surface area contributed by atoms with E-state index in [1.165, 1.54) is 6.20 Å². The molecule has 0 saturated carbocycles. The minimum absolute atomic E-state index is 0.0242. The van der Waals surface area contributed by atoms with Crippen molar-refractivity contribution in [3.8, 4) is 5.75 Å².